The Morgan fingerprint density at radius 3 is 2.50 bits per heavy atom. The van der Waals surface area contributed by atoms with Crippen LogP contribution in [0.5, 0.6) is 11.8 Å². The summed E-state index contributed by atoms with van der Waals surface area (Å²) in [6.45, 7) is 8.06. The summed E-state index contributed by atoms with van der Waals surface area (Å²) < 4.78 is 5.79. The molecule has 106 valence electrons. The molecule has 0 aliphatic heterocycles. The Balaban J connectivity index is 2.10. The minimum Gasteiger partial charge on any atom is -0.424 e. The van der Waals surface area contributed by atoms with Crippen LogP contribution in [-0.2, 0) is 6.54 Å². The Morgan fingerprint density at radius 1 is 1.15 bits per heavy atom. The Bertz CT molecular complexity index is 538. The van der Waals surface area contributed by atoms with E-state index in [1.54, 1.807) is 12.4 Å². The molecule has 2 rings (SSSR count). The highest BCUT2D eigenvalue weighted by molar-refractivity contribution is 5.37. The van der Waals surface area contributed by atoms with Gasteiger partial charge in [-0.1, -0.05) is 39.0 Å². The predicted octanol–water partition coefficient (Wildman–Crippen LogP) is 3.50. The number of nitrogens with zero attached hydrogens (tertiary/aromatic N) is 2. The van der Waals surface area contributed by atoms with Gasteiger partial charge in [0.15, 0.2) is 0 Å². The lowest BCUT2D eigenvalue weighted by Gasteiger charge is -2.12. The number of aromatic nitrogens is 2. The van der Waals surface area contributed by atoms with Crippen LogP contribution in [0, 0.1) is 0 Å². The van der Waals surface area contributed by atoms with Crippen LogP contribution in [0.4, 0.5) is 0 Å². The highest BCUT2D eigenvalue weighted by atomic mass is 16.5. The third-order valence-electron chi connectivity index (χ3n) is 3.00. The number of para-hydroxylation sites is 1. The van der Waals surface area contributed by atoms with Gasteiger partial charge in [-0.15, -0.1) is 0 Å². The van der Waals surface area contributed by atoms with Gasteiger partial charge in [0.25, 0.3) is 0 Å². The van der Waals surface area contributed by atoms with Crippen molar-refractivity contribution in [3.63, 3.8) is 0 Å². The molecule has 0 radical (unpaired) electrons. The van der Waals surface area contributed by atoms with Gasteiger partial charge < -0.3 is 10.1 Å². The maximum absolute atomic E-state index is 5.79. The molecule has 1 aromatic carbocycles. The van der Waals surface area contributed by atoms with E-state index in [1.165, 1.54) is 0 Å². The summed E-state index contributed by atoms with van der Waals surface area (Å²) in [5.74, 6) is 1.22. The third-order valence-corrected chi connectivity index (χ3v) is 3.00. The van der Waals surface area contributed by atoms with Crippen LogP contribution in [0.2, 0.25) is 0 Å². The van der Waals surface area contributed by atoms with Crippen LogP contribution in [0.1, 0.15) is 37.8 Å². The summed E-state index contributed by atoms with van der Waals surface area (Å²) in [5.41, 5.74) is 2.21. The second kappa shape index (κ2) is 7.01. The van der Waals surface area contributed by atoms with E-state index in [2.05, 4.69) is 42.1 Å². The zero-order valence-corrected chi connectivity index (χ0v) is 12.3. The van der Waals surface area contributed by atoms with Crippen molar-refractivity contribution in [2.75, 3.05) is 6.54 Å². The van der Waals surface area contributed by atoms with E-state index in [0.29, 0.717) is 11.9 Å². The third kappa shape index (κ3) is 3.78. The number of ether oxygens (including phenoxy) is 1. The summed E-state index contributed by atoms with van der Waals surface area (Å²) in [6.07, 6.45) is 3.59. The molecule has 0 atom stereocenters. The van der Waals surface area contributed by atoms with Gasteiger partial charge in [0.1, 0.15) is 5.75 Å². The summed E-state index contributed by atoms with van der Waals surface area (Å²) in [4.78, 5) is 8.51. The second-order valence-electron chi connectivity index (χ2n) is 4.95. The first-order valence-electron chi connectivity index (χ1n) is 6.99. The lowest BCUT2D eigenvalue weighted by molar-refractivity contribution is 0.433. The fraction of sp³-hybridized carbons (Fsp3) is 0.375. The summed E-state index contributed by atoms with van der Waals surface area (Å²) in [5, 5.41) is 3.24. The van der Waals surface area contributed by atoms with Gasteiger partial charge in [-0.3, -0.25) is 0 Å². The van der Waals surface area contributed by atoms with E-state index < -0.39 is 0 Å². The Hall–Kier alpha value is -1.94. The van der Waals surface area contributed by atoms with Gasteiger partial charge in [0.2, 0.25) is 0 Å². The number of hydrogen-bond donors (Lipinski definition) is 1. The maximum Gasteiger partial charge on any atom is 0.321 e. The first kappa shape index (κ1) is 14.5. The van der Waals surface area contributed by atoms with Crippen molar-refractivity contribution >= 4 is 0 Å². The van der Waals surface area contributed by atoms with Crippen LogP contribution < -0.4 is 10.1 Å². The molecule has 0 aliphatic rings. The van der Waals surface area contributed by atoms with Gasteiger partial charge in [-0.05, 0) is 24.1 Å². The van der Waals surface area contributed by atoms with Gasteiger partial charge in [-0.25, -0.2) is 9.97 Å². The van der Waals surface area contributed by atoms with E-state index in [-0.39, 0.29) is 0 Å². The highest BCUT2D eigenvalue weighted by Crippen LogP contribution is 2.28. The lowest BCUT2D eigenvalue weighted by atomic mass is 10.0. The maximum atomic E-state index is 5.79. The van der Waals surface area contributed by atoms with Crippen molar-refractivity contribution in [2.24, 2.45) is 0 Å². The quantitative estimate of drug-likeness (QED) is 0.873. The fourth-order valence-electron chi connectivity index (χ4n) is 1.91. The topological polar surface area (TPSA) is 47.0 Å². The normalized spacial score (nSPS) is 10.8. The second-order valence-corrected chi connectivity index (χ2v) is 4.95. The summed E-state index contributed by atoms with van der Waals surface area (Å²) >= 11 is 0. The summed E-state index contributed by atoms with van der Waals surface area (Å²) in [7, 11) is 0. The molecule has 20 heavy (non-hydrogen) atoms. The molecular weight excluding hydrogens is 250 g/mol. The average Bonchev–Trinajstić information content (AvgIpc) is 2.47. The fourth-order valence-corrected chi connectivity index (χ4v) is 1.91. The van der Waals surface area contributed by atoms with Crippen LogP contribution >= 0.6 is 0 Å². The van der Waals surface area contributed by atoms with Gasteiger partial charge in [0, 0.05) is 24.5 Å². The molecule has 0 bridgehead atoms. The zero-order chi connectivity index (χ0) is 14.4. The van der Waals surface area contributed by atoms with E-state index in [1.807, 2.05) is 18.2 Å². The molecule has 0 aliphatic carbocycles. The highest BCUT2D eigenvalue weighted by Gasteiger charge is 2.09. The average molecular weight is 271 g/mol. The van der Waals surface area contributed by atoms with E-state index in [4.69, 9.17) is 4.74 Å². The molecule has 4 nitrogen and oxygen atoms in total. The molecule has 0 saturated heterocycles. The van der Waals surface area contributed by atoms with E-state index in [9.17, 15) is 0 Å². The molecule has 0 unspecified atom stereocenters. The number of hydrogen-bond acceptors (Lipinski definition) is 4. The van der Waals surface area contributed by atoms with E-state index in [0.717, 1.165) is 30.0 Å². The molecule has 0 spiro atoms. The molecule has 2 aromatic rings. The van der Waals surface area contributed by atoms with Crippen LogP contribution in [0.15, 0.2) is 36.7 Å². The number of benzene rings is 1. The Labute approximate surface area is 120 Å². The predicted molar refractivity (Wildman–Crippen MR) is 80.0 cm³/mol. The van der Waals surface area contributed by atoms with Crippen molar-refractivity contribution in [3.8, 4) is 11.8 Å². The van der Waals surface area contributed by atoms with Gasteiger partial charge in [0.05, 0.1) is 0 Å². The largest absolute Gasteiger partial charge is 0.424 e. The van der Waals surface area contributed by atoms with Crippen LogP contribution in [0.3, 0.4) is 0 Å². The standard InChI is InChI=1S/C16H21N3O/c1-4-17-9-13-10-18-16(19-11-13)20-15-8-6-5-7-14(15)12(2)3/h5-8,10-12,17H,4,9H2,1-3H3. The van der Waals surface area contributed by atoms with Crippen molar-refractivity contribution in [1.82, 2.24) is 15.3 Å². The first-order valence-corrected chi connectivity index (χ1v) is 6.99. The summed E-state index contributed by atoms with van der Waals surface area (Å²) in [6, 6.07) is 8.38. The smallest absolute Gasteiger partial charge is 0.321 e. The zero-order valence-electron chi connectivity index (χ0n) is 12.3. The minimum absolute atomic E-state index is 0.387. The molecule has 0 amide bonds. The van der Waals surface area contributed by atoms with Crippen molar-refractivity contribution in [3.05, 3.63) is 47.8 Å². The van der Waals surface area contributed by atoms with Crippen molar-refractivity contribution < 1.29 is 4.74 Å². The van der Waals surface area contributed by atoms with Gasteiger partial charge >= 0.3 is 6.01 Å². The number of nitrogens with one attached hydrogen (secondary N) is 1. The van der Waals surface area contributed by atoms with Gasteiger partial charge in [-0.2, -0.15) is 0 Å². The minimum atomic E-state index is 0.387. The van der Waals surface area contributed by atoms with Crippen molar-refractivity contribution in [1.29, 1.82) is 0 Å². The molecule has 1 aromatic heterocycles. The molecule has 0 saturated carbocycles. The SMILES string of the molecule is CCNCc1cnc(Oc2ccccc2C(C)C)nc1. The molecule has 1 N–H and O–H groups in total. The molecule has 4 heteroatoms. The molecule has 0 fully saturated rings. The lowest BCUT2D eigenvalue weighted by Crippen LogP contribution is -2.12. The molecule has 1 heterocycles. The number of rotatable bonds is 6. The first-order chi connectivity index (χ1) is 9.70. The monoisotopic (exact) mass is 271 g/mol. The van der Waals surface area contributed by atoms with E-state index >= 15 is 0 Å². The Morgan fingerprint density at radius 2 is 1.85 bits per heavy atom. The van der Waals surface area contributed by atoms with Crippen LogP contribution in [0.25, 0.3) is 0 Å². The molecular formula is C16H21N3O. The Kier molecular flexibility index (Phi) is 5.07. The van der Waals surface area contributed by atoms with Crippen molar-refractivity contribution in [2.45, 2.75) is 33.2 Å². The van der Waals surface area contributed by atoms with Crippen LogP contribution in [-0.4, -0.2) is 16.5 Å².